The van der Waals surface area contributed by atoms with E-state index in [0.717, 1.165) is 10.9 Å². The van der Waals surface area contributed by atoms with Gasteiger partial charge in [0.1, 0.15) is 15.7 Å². The largest absolute Gasteiger partial charge is 0.359 e. The zero-order valence-electron chi connectivity index (χ0n) is 10.4. The molecule has 1 aromatic heterocycles. The Labute approximate surface area is 115 Å². The molecule has 102 valence electrons. The summed E-state index contributed by atoms with van der Waals surface area (Å²) in [4.78, 5) is 3.33. The number of para-hydroxylation sites is 1. The SMILES string of the molecule is NS(=O)(=Nc1c[nH]c2ccccc12)c1ccc(F)cc1. The van der Waals surface area contributed by atoms with Gasteiger partial charge in [0.05, 0.1) is 10.6 Å². The number of fused-ring (bicyclic) bond motifs is 1. The smallest absolute Gasteiger partial charge is 0.139 e. The van der Waals surface area contributed by atoms with Crippen LogP contribution in [0.15, 0.2) is 64.0 Å². The monoisotopic (exact) mass is 289 g/mol. The first-order valence-electron chi connectivity index (χ1n) is 5.93. The molecule has 0 fully saturated rings. The molecule has 0 aliphatic heterocycles. The third-order valence-corrected chi connectivity index (χ3v) is 4.37. The van der Waals surface area contributed by atoms with E-state index in [1.807, 2.05) is 24.3 Å². The fourth-order valence-corrected chi connectivity index (χ4v) is 3.03. The number of hydrogen-bond donors (Lipinski definition) is 2. The molecule has 0 bridgehead atoms. The van der Waals surface area contributed by atoms with Crippen LogP contribution in [0.5, 0.6) is 0 Å². The van der Waals surface area contributed by atoms with Gasteiger partial charge in [0, 0.05) is 17.1 Å². The predicted molar refractivity (Wildman–Crippen MR) is 77.4 cm³/mol. The summed E-state index contributed by atoms with van der Waals surface area (Å²) >= 11 is 0. The van der Waals surface area contributed by atoms with Crippen LogP contribution in [0.25, 0.3) is 10.9 Å². The van der Waals surface area contributed by atoms with Gasteiger partial charge in [0.15, 0.2) is 0 Å². The van der Waals surface area contributed by atoms with Crippen molar-refractivity contribution in [1.29, 1.82) is 0 Å². The summed E-state index contributed by atoms with van der Waals surface area (Å²) < 4.78 is 29.5. The standard InChI is InChI=1S/C14H12FN3OS/c15-10-5-7-11(8-6-10)20(16,19)18-14-9-17-13-4-2-1-3-12(13)14/h1-9,17H,(H2,16,18,19). The molecular formula is C14H12FN3OS. The number of halogens is 1. The van der Waals surface area contributed by atoms with Crippen LogP contribution in [-0.2, 0) is 9.92 Å². The zero-order chi connectivity index (χ0) is 14.2. The van der Waals surface area contributed by atoms with Crippen molar-refractivity contribution in [3.05, 3.63) is 60.5 Å². The van der Waals surface area contributed by atoms with E-state index in [1.54, 1.807) is 6.20 Å². The molecular weight excluding hydrogens is 277 g/mol. The van der Waals surface area contributed by atoms with E-state index in [-0.39, 0.29) is 0 Å². The van der Waals surface area contributed by atoms with Crippen LogP contribution >= 0.6 is 0 Å². The van der Waals surface area contributed by atoms with E-state index in [4.69, 9.17) is 5.14 Å². The highest BCUT2D eigenvalue weighted by Crippen LogP contribution is 2.27. The number of H-pyrrole nitrogens is 1. The molecule has 3 N–H and O–H groups in total. The summed E-state index contributed by atoms with van der Waals surface area (Å²) in [5.41, 5.74) is 1.41. The van der Waals surface area contributed by atoms with Crippen LogP contribution in [0.1, 0.15) is 0 Å². The molecule has 1 atom stereocenters. The van der Waals surface area contributed by atoms with Gasteiger partial charge in [-0.25, -0.2) is 13.7 Å². The van der Waals surface area contributed by atoms with Crippen molar-refractivity contribution < 1.29 is 8.60 Å². The third-order valence-electron chi connectivity index (χ3n) is 2.95. The molecule has 0 spiro atoms. The molecule has 0 aliphatic carbocycles. The number of hydrogen-bond acceptors (Lipinski definition) is 2. The Kier molecular flexibility index (Phi) is 3.04. The van der Waals surface area contributed by atoms with Gasteiger partial charge in [-0.2, -0.15) is 4.36 Å². The molecule has 1 unspecified atom stereocenters. The summed E-state index contributed by atoms with van der Waals surface area (Å²) in [6, 6.07) is 12.7. The Morgan fingerprint density at radius 2 is 1.80 bits per heavy atom. The van der Waals surface area contributed by atoms with E-state index in [9.17, 15) is 8.60 Å². The second-order valence-electron chi connectivity index (χ2n) is 4.33. The Balaban J connectivity index is 2.15. The molecule has 20 heavy (non-hydrogen) atoms. The first-order chi connectivity index (χ1) is 9.56. The van der Waals surface area contributed by atoms with E-state index >= 15 is 0 Å². The highest BCUT2D eigenvalue weighted by atomic mass is 32.2. The summed E-state index contributed by atoms with van der Waals surface area (Å²) in [7, 11) is -3.10. The lowest BCUT2D eigenvalue weighted by Crippen LogP contribution is -2.11. The minimum atomic E-state index is -3.10. The van der Waals surface area contributed by atoms with Crippen molar-refractivity contribution in [2.24, 2.45) is 9.50 Å². The average molecular weight is 289 g/mol. The fourth-order valence-electron chi connectivity index (χ4n) is 1.96. The highest BCUT2D eigenvalue weighted by molar-refractivity contribution is 7.91. The number of nitrogens with zero attached hydrogens (tertiary/aromatic N) is 1. The number of nitrogens with one attached hydrogen (secondary N) is 1. The lowest BCUT2D eigenvalue weighted by molar-refractivity contribution is 0.626. The molecule has 0 saturated carbocycles. The van der Waals surface area contributed by atoms with Crippen LogP contribution in [-0.4, -0.2) is 9.19 Å². The number of aromatic nitrogens is 1. The Bertz CT molecular complexity index is 877. The zero-order valence-corrected chi connectivity index (χ0v) is 11.2. The molecule has 0 saturated heterocycles. The molecule has 0 radical (unpaired) electrons. The highest BCUT2D eigenvalue weighted by Gasteiger charge is 2.09. The molecule has 3 aromatic rings. The van der Waals surface area contributed by atoms with Crippen LogP contribution in [0.4, 0.5) is 10.1 Å². The molecule has 4 nitrogen and oxygen atoms in total. The predicted octanol–water partition coefficient (Wildman–Crippen LogP) is 3.34. The first-order valence-corrected chi connectivity index (χ1v) is 7.51. The maximum absolute atomic E-state index is 12.9. The van der Waals surface area contributed by atoms with Crippen LogP contribution in [0.2, 0.25) is 0 Å². The van der Waals surface area contributed by atoms with Gasteiger partial charge in [0.2, 0.25) is 0 Å². The maximum Gasteiger partial charge on any atom is 0.139 e. The maximum atomic E-state index is 12.9. The average Bonchev–Trinajstić information content (AvgIpc) is 2.82. The Morgan fingerprint density at radius 1 is 1.10 bits per heavy atom. The Morgan fingerprint density at radius 3 is 2.55 bits per heavy atom. The topological polar surface area (TPSA) is 71.2 Å². The number of aromatic amines is 1. The number of benzene rings is 2. The summed E-state index contributed by atoms with van der Waals surface area (Å²) in [5, 5.41) is 6.64. The normalized spacial score (nSPS) is 14.1. The van der Waals surface area contributed by atoms with Gasteiger partial charge < -0.3 is 4.98 Å². The van der Waals surface area contributed by atoms with Crippen molar-refractivity contribution in [3.63, 3.8) is 0 Å². The Hall–Kier alpha value is -2.18. The van der Waals surface area contributed by atoms with Crippen molar-refractivity contribution in [2.45, 2.75) is 4.90 Å². The quantitative estimate of drug-likeness (QED) is 0.746. The molecule has 0 aliphatic rings. The van der Waals surface area contributed by atoms with Gasteiger partial charge in [-0.15, -0.1) is 0 Å². The number of nitrogens with two attached hydrogens (primary N) is 1. The third kappa shape index (κ3) is 2.31. The van der Waals surface area contributed by atoms with Crippen molar-refractivity contribution in [1.82, 2.24) is 4.98 Å². The van der Waals surface area contributed by atoms with Crippen molar-refractivity contribution in [3.8, 4) is 0 Å². The first kappa shape index (κ1) is 12.8. The molecule has 3 rings (SSSR count). The van der Waals surface area contributed by atoms with E-state index in [2.05, 4.69) is 9.35 Å². The molecule has 1 heterocycles. The van der Waals surface area contributed by atoms with Crippen LogP contribution in [0.3, 0.4) is 0 Å². The lowest BCUT2D eigenvalue weighted by Gasteiger charge is -2.03. The molecule has 6 heteroatoms. The summed E-state index contributed by atoms with van der Waals surface area (Å²) in [5.74, 6) is -0.406. The van der Waals surface area contributed by atoms with Crippen molar-refractivity contribution >= 4 is 26.5 Å². The minimum absolute atomic E-state index is 0.296. The summed E-state index contributed by atoms with van der Waals surface area (Å²) in [6.07, 6.45) is 1.65. The van der Waals surface area contributed by atoms with Gasteiger partial charge in [-0.3, -0.25) is 0 Å². The van der Waals surface area contributed by atoms with E-state index < -0.39 is 15.7 Å². The lowest BCUT2D eigenvalue weighted by atomic mass is 10.2. The van der Waals surface area contributed by atoms with Crippen molar-refractivity contribution in [2.75, 3.05) is 0 Å². The van der Waals surface area contributed by atoms with Crippen LogP contribution < -0.4 is 5.14 Å². The van der Waals surface area contributed by atoms with Crippen LogP contribution in [0, 0.1) is 5.82 Å². The van der Waals surface area contributed by atoms with E-state index in [1.165, 1.54) is 24.3 Å². The summed E-state index contributed by atoms with van der Waals surface area (Å²) in [6.45, 7) is 0. The van der Waals surface area contributed by atoms with E-state index in [0.29, 0.717) is 10.6 Å². The second-order valence-corrected chi connectivity index (χ2v) is 6.12. The fraction of sp³-hybridized carbons (Fsp3) is 0. The van der Waals surface area contributed by atoms with Gasteiger partial charge in [0.25, 0.3) is 0 Å². The molecule has 2 aromatic carbocycles. The molecule has 0 amide bonds. The van der Waals surface area contributed by atoms with Gasteiger partial charge >= 0.3 is 0 Å². The second kappa shape index (κ2) is 4.73. The number of rotatable bonds is 2. The van der Waals surface area contributed by atoms with Gasteiger partial charge in [-0.1, -0.05) is 18.2 Å². The minimum Gasteiger partial charge on any atom is -0.359 e. The van der Waals surface area contributed by atoms with Gasteiger partial charge in [-0.05, 0) is 30.3 Å².